The molecule has 7 heteroatoms. The molecule has 0 fully saturated rings. The number of aryl methyl sites for hydroxylation is 1. The molecule has 0 radical (unpaired) electrons. The van der Waals surface area contributed by atoms with Crippen LogP contribution in [0.4, 0.5) is 4.39 Å². The van der Waals surface area contributed by atoms with Gasteiger partial charge in [0.25, 0.3) is 5.56 Å². The molecule has 6 nitrogen and oxygen atoms in total. The first-order valence-electron chi connectivity index (χ1n) is 10.5. The smallest absolute Gasteiger partial charge is 0.325 e. The number of nitrogens with zero attached hydrogens (tertiary/aromatic N) is 4. The van der Waals surface area contributed by atoms with Crippen molar-refractivity contribution in [3.05, 3.63) is 92.6 Å². The maximum Gasteiger partial charge on any atom is 0.337 e. The van der Waals surface area contributed by atoms with Crippen LogP contribution in [0.5, 0.6) is 0 Å². The first-order chi connectivity index (χ1) is 14.9. The van der Waals surface area contributed by atoms with Gasteiger partial charge in [0.15, 0.2) is 11.2 Å². The summed E-state index contributed by atoms with van der Waals surface area (Å²) in [6.07, 6.45) is 2.43. The van der Waals surface area contributed by atoms with Crippen LogP contribution in [-0.2, 0) is 13.1 Å². The Morgan fingerprint density at radius 1 is 1.00 bits per heavy atom. The minimum Gasteiger partial charge on any atom is -0.325 e. The Kier molecular flexibility index (Phi) is 5.59. The molecule has 0 atom stereocenters. The number of hydrogen-bond donors (Lipinski definition) is 0. The number of aromatic nitrogens is 4. The molecule has 0 saturated carbocycles. The average Bonchev–Trinajstić information content (AvgIpc) is 3.16. The van der Waals surface area contributed by atoms with Gasteiger partial charge in [0.05, 0.1) is 18.6 Å². The molecule has 0 bridgehead atoms. The van der Waals surface area contributed by atoms with E-state index >= 15 is 0 Å². The van der Waals surface area contributed by atoms with Gasteiger partial charge >= 0.3 is 5.69 Å². The van der Waals surface area contributed by atoms with Gasteiger partial charge in [-0.15, -0.1) is 0 Å². The Labute approximate surface area is 179 Å². The summed E-state index contributed by atoms with van der Waals surface area (Å²) in [5, 5.41) is 0. The van der Waals surface area contributed by atoms with Gasteiger partial charge in [-0.3, -0.25) is 9.36 Å². The van der Waals surface area contributed by atoms with E-state index < -0.39 is 11.2 Å². The van der Waals surface area contributed by atoms with Crippen LogP contribution in [0.25, 0.3) is 16.9 Å². The summed E-state index contributed by atoms with van der Waals surface area (Å²) in [4.78, 5) is 31.2. The summed E-state index contributed by atoms with van der Waals surface area (Å²) < 4.78 is 17.8. The van der Waals surface area contributed by atoms with Crippen LogP contribution >= 0.6 is 0 Å². The Bertz CT molecular complexity index is 1330. The number of rotatable bonds is 6. The summed E-state index contributed by atoms with van der Waals surface area (Å²) in [6.45, 7) is 6.90. The summed E-state index contributed by atoms with van der Waals surface area (Å²) in [5.74, 6) is -0.00259. The molecular weight excluding hydrogens is 395 g/mol. The molecule has 0 aliphatic heterocycles. The van der Waals surface area contributed by atoms with E-state index in [1.54, 1.807) is 23.0 Å². The number of halogens is 1. The molecular formula is C24H25FN4O2. The van der Waals surface area contributed by atoms with Crippen molar-refractivity contribution < 1.29 is 4.39 Å². The van der Waals surface area contributed by atoms with Gasteiger partial charge in [-0.1, -0.05) is 45.0 Å². The largest absolute Gasteiger partial charge is 0.337 e. The molecule has 0 N–H and O–H groups in total. The number of imidazole rings is 1. The van der Waals surface area contributed by atoms with Gasteiger partial charge in [-0.25, -0.2) is 18.7 Å². The first kappa shape index (κ1) is 20.8. The Hall–Kier alpha value is -3.48. The molecule has 4 rings (SSSR count). The van der Waals surface area contributed by atoms with Crippen molar-refractivity contribution in [2.45, 2.75) is 46.2 Å². The standard InChI is InChI=1S/C24H25FN4O2/c1-4-13-27-15-26-22-21(27)23(30)28(14-17-5-9-19(25)10-6-17)24(31)29(22)20-11-7-18(8-12-20)16(2)3/h5-12,15-16H,4,13-14H2,1-3H3. The SMILES string of the molecule is CCCn1cnc2c1c(=O)n(Cc1ccc(F)cc1)c(=O)n2-c1ccc(C(C)C)cc1. The zero-order valence-corrected chi connectivity index (χ0v) is 17.9. The number of hydrogen-bond acceptors (Lipinski definition) is 3. The van der Waals surface area contributed by atoms with E-state index in [0.29, 0.717) is 34.9 Å². The second kappa shape index (κ2) is 8.34. The normalized spacial score (nSPS) is 11.5. The van der Waals surface area contributed by atoms with Crippen molar-refractivity contribution in [3.63, 3.8) is 0 Å². The second-order valence-electron chi connectivity index (χ2n) is 7.99. The fourth-order valence-corrected chi connectivity index (χ4v) is 3.74. The van der Waals surface area contributed by atoms with Gasteiger partial charge in [-0.05, 0) is 47.7 Å². The predicted octanol–water partition coefficient (Wildman–Crippen LogP) is 4.07. The Morgan fingerprint density at radius 2 is 1.68 bits per heavy atom. The van der Waals surface area contributed by atoms with Gasteiger partial charge < -0.3 is 4.57 Å². The molecule has 0 saturated heterocycles. The van der Waals surface area contributed by atoms with E-state index in [0.717, 1.165) is 12.0 Å². The molecule has 0 aliphatic rings. The third-order valence-corrected chi connectivity index (χ3v) is 5.44. The lowest BCUT2D eigenvalue weighted by Gasteiger charge is -2.14. The highest BCUT2D eigenvalue weighted by molar-refractivity contribution is 5.72. The van der Waals surface area contributed by atoms with E-state index in [2.05, 4.69) is 18.8 Å². The maximum atomic E-state index is 13.5. The second-order valence-corrected chi connectivity index (χ2v) is 7.99. The van der Waals surface area contributed by atoms with E-state index in [1.165, 1.54) is 21.3 Å². The van der Waals surface area contributed by atoms with Crippen molar-refractivity contribution in [1.82, 2.24) is 18.7 Å². The third kappa shape index (κ3) is 3.83. The highest BCUT2D eigenvalue weighted by atomic mass is 19.1. The van der Waals surface area contributed by atoms with Gasteiger partial charge in [0, 0.05) is 6.54 Å². The van der Waals surface area contributed by atoms with Crippen LogP contribution in [0.1, 0.15) is 44.2 Å². The maximum absolute atomic E-state index is 13.5. The lowest BCUT2D eigenvalue weighted by Crippen LogP contribution is -2.40. The van der Waals surface area contributed by atoms with Crippen molar-refractivity contribution in [2.75, 3.05) is 0 Å². The lowest BCUT2D eigenvalue weighted by molar-refractivity contribution is 0.624. The van der Waals surface area contributed by atoms with Crippen molar-refractivity contribution >= 4 is 11.2 Å². The van der Waals surface area contributed by atoms with E-state index in [-0.39, 0.29) is 12.4 Å². The third-order valence-electron chi connectivity index (χ3n) is 5.44. The molecule has 2 aromatic heterocycles. The average molecular weight is 420 g/mol. The van der Waals surface area contributed by atoms with Crippen molar-refractivity contribution in [3.8, 4) is 5.69 Å². The minimum absolute atomic E-state index is 0.0509. The topological polar surface area (TPSA) is 61.8 Å². The summed E-state index contributed by atoms with van der Waals surface area (Å²) in [6, 6.07) is 13.5. The van der Waals surface area contributed by atoms with Crippen LogP contribution < -0.4 is 11.2 Å². The molecule has 0 amide bonds. The van der Waals surface area contributed by atoms with E-state index in [1.807, 2.05) is 31.2 Å². The van der Waals surface area contributed by atoms with Crippen LogP contribution in [0.15, 0.2) is 64.4 Å². The van der Waals surface area contributed by atoms with E-state index in [4.69, 9.17) is 0 Å². The Morgan fingerprint density at radius 3 is 2.29 bits per heavy atom. The quantitative estimate of drug-likeness (QED) is 0.472. The molecule has 160 valence electrons. The predicted molar refractivity (Wildman–Crippen MR) is 119 cm³/mol. The number of benzene rings is 2. The highest BCUT2D eigenvalue weighted by Crippen LogP contribution is 2.18. The highest BCUT2D eigenvalue weighted by Gasteiger charge is 2.19. The van der Waals surface area contributed by atoms with Crippen LogP contribution in [-0.4, -0.2) is 18.7 Å². The van der Waals surface area contributed by atoms with Gasteiger partial charge in [0.2, 0.25) is 0 Å². The van der Waals surface area contributed by atoms with Gasteiger partial charge in [0.1, 0.15) is 5.82 Å². The van der Waals surface area contributed by atoms with Crippen LogP contribution in [0.3, 0.4) is 0 Å². The summed E-state index contributed by atoms with van der Waals surface area (Å²) in [5.41, 5.74) is 2.33. The zero-order chi connectivity index (χ0) is 22.1. The molecule has 0 aliphatic carbocycles. The summed E-state index contributed by atoms with van der Waals surface area (Å²) >= 11 is 0. The number of fused-ring (bicyclic) bond motifs is 1. The summed E-state index contributed by atoms with van der Waals surface area (Å²) in [7, 11) is 0. The van der Waals surface area contributed by atoms with Crippen molar-refractivity contribution in [1.29, 1.82) is 0 Å². The fourth-order valence-electron chi connectivity index (χ4n) is 3.74. The van der Waals surface area contributed by atoms with Crippen LogP contribution in [0.2, 0.25) is 0 Å². The van der Waals surface area contributed by atoms with Crippen molar-refractivity contribution in [2.24, 2.45) is 0 Å². The minimum atomic E-state index is -0.471. The van der Waals surface area contributed by atoms with Crippen LogP contribution in [0, 0.1) is 5.82 Å². The molecule has 0 spiro atoms. The lowest BCUT2D eigenvalue weighted by atomic mass is 10.0. The molecule has 0 unspecified atom stereocenters. The Balaban J connectivity index is 1.97. The molecule has 31 heavy (non-hydrogen) atoms. The van der Waals surface area contributed by atoms with E-state index in [9.17, 15) is 14.0 Å². The first-order valence-corrected chi connectivity index (χ1v) is 10.5. The zero-order valence-electron chi connectivity index (χ0n) is 17.9. The fraction of sp³-hybridized carbons (Fsp3) is 0.292. The monoisotopic (exact) mass is 420 g/mol. The molecule has 4 aromatic rings. The molecule has 2 aromatic carbocycles. The van der Waals surface area contributed by atoms with Gasteiger partial charge in [-0.2, -0.15) is 0 Å². The molecule has 2 heterocycles.